The number of piperidine rings is 1. The molecule has 0 amide bonds. The quantitative estimate of drug-likeness (QED) is 0.618. The molecule has 0 radical (unpaired) electrons. The third kappa shape index (κ3) is 3.06. The summed E-state index contributed by atoms with van der Waals surface area (Å²) < 4.78 is 0. The van der Waals surface area contributed by atoms with Crippen molar-refractivity contribution < 1.29 is 9.59 Å². The molecule has 2 heterocycles. The van der Waals surface area contributed by atoms with Gasteiger partial charge in [0.1, 0.15) is 0 Å². The molecule has 4 nitrogen and oxygen atoms in total. The molecule has 2 aliphatic heterocycles. The summed E-state index contributed by atoms with van der Waals surface area (Å²) in [5, 5.41) is 0. The zero-order chi connectivity index (χ0) is 18.1. The monoisotopic (exact) mass is 348 g/mol. The molecule has 3 aliphatic rings. The fourth-order valence-corrected chi connectivity index (χ4v) is 3.96. The van der Waals surface area contributed by atoms with Gasteiger partial charge in [0.2, 0.25) is 0 Å². The minimum Gasteiger partial charge on any atom is -0.346 e. The Bertz CT molecular complexity index is 804. The molecule has 0 bridgehead atoms. The Hall–Kier alpha value is -2.46. The maximum Gasteiger partial charge on any atom is 0.199 e. The first kappa shape index (κ1) is 17.0. The van der Waals surface area contributed by atoms with Gasteiger partial charge in [-0.2, -0.15) is 0 Å². The molecule has 1 fully saturated rings. The summed E-state index contributed by atoms with van der Waals surface area (Å²) in [6.45, 7) is 6.01. The number of allylic oxidation sites excluding steroid dienone is 4. The molecule has 1 aromatic rings. The number of Topliss-reactive ketones (excluding diaryl/α,β-unsaturated/α-hetero) is 2. The van der Waals surface area contributed by atoms with Gasteiger partial charge < -0.3 is 9.80 Å². The van der Waals surface area contributed by atoms with Crippen molar-refractivity contribution in [2.24, 2.45) is 0 Å². The largest absolute Gasteiger partial charge is 0.346 e. The first-order valence-electron chi connectivity index (χ1n) is 9.43. The predicted molar refractivity (Wildman–Crippen MR) is 102 cm³/mol. The number of fused-ring (bicyclic) bond motifs is 1. The third-order valence-corrected chi connectivity index (χ3v) is 5.42. The van der Waals surface area contributed by atoms with E-state index in [1.54, 1.807) is 12.1 Å². The number of hydrogen-bond acceptors (Lipinski definition) is 4. The summed E-state index contributed by atoms with van der Waals surface area (Å²) in [4.78, 5) is 30.3. The van der Waals surface area contributed by atoms with Crippen molar-refractivity contribution in [1.82, 2.24) is 9.80 Å². The van der Waals surface area contributed by atoms with Gasteiger partial charge in [0.25, 0.3) is 0 Å². The van der Waals surface area contributed by atoms with Crippen molar-refractivity contribution >= 4 is 11.6 Å². The van der Waals surface area contributed by atoms with Gasteiger partial charge in [0, 0.05) is 30.4 Å². The molecule has 26 heavy (non-hydrogen) atoms. The standard InChI is InChI=1S/C22H24N2O2/c1-16-9-12-24(14-13-23-10-5-2-6-11-23)19(15-16)20-21(25)17-7-3-4-8-18(17)22(20)26/h3-4,7-9,12,15H,2,5-6,10-11,13-14H2,1H3. The summed E-state index contributed by atoms with van der Waals surface area (Å²) in [5.41, 5.74) is 3.16. The van der Waals surface area contributed by atoms with E-state index in [0.717, 1.165) is 37.4 Å². The molecule has 0 saturated carbocycles. The Labute approximate surface area is 154 Å². The van der Waals surface area contributed by atoms with E-state index >= 15 is 0 Å². The van der Waals surface area contributed by atoms with Crippen LogP contribution in [0.1, 0.15) is 46.9 Å². The van der Waals surface area contributed by atoms with Gasteiger partial charge in [0.15, 0.2) is 11.6 Å². The number of ketones is 2. The zero-order valence-electron chi connectivity index (χ0n) is 15.2. The molecule has 0 aromatic heterocycles. The smallest absolute Gasteiger partial charge is 0.199 e. The van der Waals surface area contributed by atoms with E-state index < -0.39 is 0 Å². The molecule has 0 atom stereocenters. The number of likely N-dealkylation sites (tertiary alicyclic amines) is 1. The molecule has 1 aliphatic carbocycles. The lowest BCUT2D eigenvalue weighted by molar-refractivity contribution is 0.0984. The molecule has 4 rings (SSSR count). The van der Waals surface area contributed by atoms with E-state index in [9.17, 15) is 9.59 Å². The average molecular weight is 348 g/mol. The second-order valence-electron chi connectivity index (χ2n) is 7.26. The number of nitrogens with zero attached hydrogens (tertiary/aromatic N) is 2. The molecule has 0 spiro atoms. The number of carbonyl (C=O) groups is 2. The van der Waals surface area contributed by atoms with Crippen LogP contribution in [-0.4, -0.2) is 47.5 Å². The van der Waals surface area contributed by atoms with Crippen LogP contribution in [0.3, 0.4) is 0 Å². The summed E-state index contributed by atoms with van der Waals surface area (Å²) in [6, 6.07) is 7.12. The first-order chi connectivity index (χ1) is 12.6. The topological polar surface area (TPSA) is 40.6 Å². The van der Waals surface area contributed by atoms with Gasteiger partial charge in [-0.3, -0.25) is 9.59 Å². The Morgan fingerprint density at radius 1 is 0.923 bits per heavy atom. The van der Waals surface area contributed by atoms with E-state index in [1.165, 1.54) is 19.3 Å². The number of benzene rings is 1. The van der Waals surface area contributed by atoms with E-state index in [0.29, 0.717) is 16.7 Å². The van der Waals surface area contributed by atoms with Crippen LogP contribution in [0.25, 0.3) is 0 Å². The van der Waals surface area contributed by atoms with E-state index in [2.05, 4.69) is 9.80 Å². The van der Waals surface area contributed by atoms with Crippen LogP contribution in [0.2, 0.25) is 0 Å². The van der Waals surface area contributed by atoms with Gasteiger partial charge in [-0.25, -0.2) is 0 Å². The molecule has 134 valence electrons. The van der Waals surface area contributed by atoms with Crippen molar-refractivity contribution in [3.63, 3.8) is 0 Å². The van der Waals surface area contributed by atoms with Gasteiger partial charge in [-0.05, 0) is 50.6 Å². The maximum absolute atomic E-state index is 12.9. The second kappa shape index (κ2) is 7.04. The van der Waals surface area contributed by atoms with Gasteiger partial charge >= 0.3 is 0 Å². The molecule has 1 saturated heterocycles. The summed E-state index contributed by atoms with van der Waals surface area (Å²) in [7, 11) is 0. The number of rotatable bonds is 3. The molecule has 1 aromatic carbocycles. The normalized spacial score (nSPS) is 20.7. The third-order valence-electron chi connectivity index (χ3n) is 5.42. The van der Waals surface area contributed by atoms with E-state index in [4.69, 9.17) is 0 Å². The van der Waals surface area contributed by atoms with Gasteiger partial charge in [0.05, 0.1) is 11.3 Å². The molecule has 0 N–H and O–H groups in total. The van der Waals surface area contributed by atoms with Crippen molar-refractivity contribution in [3.05, 3.63) is 70.6 Å². The second-order valence-corrected chi connectivity index (χ2v) is 7.26. The van der Waals surface area contributed by atoms with Crippen LogP contribution in [0.5, 0.6) is 0 Å². The lowest BCUT2D eigenvalue weighted by Gasteiger charge is -2.31. The lowest BCUT2D eigenvalue weighted by atomic mass is 10.0. The van der Waals surface area contributed by atoms with E-state index in [-0.39, 0.29) is 11.6 Å². The summed E-state index contributed by atoms with van der Waals surface area (Å²) >= 11 is 0. The van der Waals surface area contributed by atoms with Crippen LogP contribution >= 0.6 is 0 Å². The van der Waals surface area contributed by atoms with Crippen LogP contribution in [0.4, 0.5) is 0 Å². The zero-order valence-corrected chi connectivity index (χ0v) is 15.2. The fourth-order valence-electron chi connectivity index (χ4n) is 3.96. The van der Waals surface area contributed by atoms with Crippen LogP contribution in [0.15, 0.2) is 59.5 Å². The van der Waals surface area contributed by atoms with Crippen molar-refractivity contribution in [3.8, 4) is 0 Å². The maximum atomic E-state index is 12.9. The molecular weight excluding hydrogens is 324 g/mol. The van der Waals surface area contributed by atoms with Crippen molar-refractivity contribution in [2.45, 2.75) is 26.2 Å². The highest BCUT2D eigenvalue weighted by molar-refractivity contribution is 6.40. The highest BCUT2D eigenvalue weighted by Crippen LogP contribution is 2.32. The Kier molecular flexibility index (Phi) is 4.60. The van der Waals surface area contributed by atoms with Gasteiger partial charge in [-0.1, -0.05) is 30.7 Å². The molecular formula is C22H24N2O2. The highest BCUT2D eigenvalue weighted by atomic mass is 16.2. The van der Waals surface area contributed by atoms with E-state index in [1.807, 2.05) is 37.4 Å². The summed E-state index contributed by atoms with van der Waals surface area (Å²) in [6.07, 6.45) is 9.85. The highest BCUT2D eigenvalue weighted by Gasteiger charge is 2.36. The Morgan fingerprint density at radius 2 is 1.58 bits per heavy atom. The average Bonchev–Trinajstić information content (AvgIpc) is 2.92. The SMILES string of the molecule is CC1=CC(=C2C(=O)c3ccccc3C2=O)N(CCN2CCCCC2)C=C1. The first-order valence-corrected chi connectivity index (χ1v) is 9.43. The van der Waals surface area contributed by atoms with Crippen LogP contribution < -0.4 is 0 Å². The Balaban J connectivity index is 1.64. The number of hydrogen-bond donors (Lipinski definition) is 0. The predicted octanol–water partition coefficient (Wildman–Crippen LogP) is 3.58. The summed E-state index contributed by atoms with van der Waals surface area (Å²) in [5.74, 6) is -0.300. The number of carbonyl (C=O) groups excluding carboxylic acids is 2. The van der Waals surface area contributed by atoms with Crippen molar-refractivity contribution in [1.29, 1.82) is 0 Å². The lowest BCUT2D eigenvalue weighted by Crippen LogP contribution is -2.36. The van der Waals surface area contributed by atoms with Crippen LogP contribution in [-0.2, 0) is 0 Å². The minimum atomic E-state index is -0.150. The molecule has 4 heteroatoms. The van der Waals surface area contributed by atoms with Gasteiger partial charge in [-0.15, -0.1) is 0 Å². The Morgan fingerprint density at radius 3 is 2.23 bits per heavy atom. The van der Waals surface area contributed by atoms with Crippen molar-refractivity contribution in [2.75, 3.05) is 26.2 Å². The van der Waals surface area contributed by atoms with Crippen LogP contribution in [0, 0.1) is 0 Å². The minimum absolute atomic E-state index is 0.150. The fraction of sp³-hybridized carbons (Fsp3) is 0.364. The molecule has 0 unspecified atom stereocenters.